The number of carbonyl (C=O) groups is 1. The van der Waals surface area contributed by atoms with Crippen LogP contribution in [0.4, 0.5) is 0 Å². The zero-order chi connectivity index (χ0) is 31.3. The number of phenolic OH excluding ortho intramolecular Hbond substituents is 2. The first kappa shape index (κ1) is 32.9. The molecule has 1 unspecified atom stereocenters. The van der Waals surface area contributed by atoms with Gasteiger partial charge in [0.1, 0.15) is 5.75 Å². The highest BCUT2D eigenvalue weighted by molar-refractivity contribution is 5.90. The van der Waals surface area contributed by atoms with Crippen LogP contribution in [0.1, 0.15) is 81.9 Å². The number of hydrogen-bond acceptors (Lipinski definition) is 5. The third kappa shape index (κ3) is 9.48. The van der Waals surface area contributed by atoms with Crippen molar-refractivity contribution < 1.29 is 24.9 Å². The maximum absolute atomic E-state index is 12.4. The standard InChI is InChI=1S/C38H47NO5/c1-3-4-6-9-27(2)10-7-5-8-11-33(41)15-12-28-13-17-36(43)37(22-28)44-21-19-29-14-16-34(42)25-35(29)31-23-30-18-20-39-38(30)32(24-31)26-40/h8,11,13-14,16-18,20,22-25,27,39-40,42-43H,3-7,9-10,12,15,19,21,26H2,1-2H3. The molecule has 1 atom stereocenters. The second-order valence-electron chi connectivity index (χ2n) is 11.9. The number of aromatic hydroxyl groups is 2. The molecule has 6 heteroatoms. The van der Waals surface area contributed by atoms with Crippen LogP contribution in [-0.2, 0) is 24.2 Å². The van der Waals surface area contributed by atoms with Gasteiger partial charge >= 0.3 is 0 Å². The topological polar surface area (TPSA) is 103 Å². The third-order valence-electron chi connectivity index (χ3n) is 8.30. The van der Waals surface area contributed by atoms with Gasteiger partial charge in [0.05, 0.1) is 18.7 Å². The molecule has 44 heavy (non-hydrogen) atoms. The second-order valence-corrected chi connectivity index (χ2v) is 11.9. The van der Waals surface area contributed by atoms with E-state index in [2.05, 4.69) is 18.8 Å². The maximum atomic E-state index is 12.4. The van der Waals surface area contributed by atoms with Crippen LogP contribution in [0.5, 0.6) is 17.2 Å². The summed E-state index contributed by atoms with van der Waals surface area (Å²) in [5.41, 5.74) is 5.34. The molecule has 0 radical (unpaired) electrons. The number of fused-ring (bicyclic) bond motifs is 1. The van der Waals surface area contributed by atoms with Crippen molar-refractivity contribution in [2.75, 3.05) is 6.61 Å². The van der Waals surface area contributed by atoms with Gasteiger partial charge in [0.15, 0.2) is 17.3 Å². The highest BCUT2D eigenvalue weighted by Gasteiger charge is 2.12. The Morgan fingerprint density at radius 1 is 0.955 bits per heavy atom. The number of benzene rings is 3. The molecule has 4 aromatic rings. The summed E-state index contributed by atoms with van der Waals surface area (Å²) in [7, 11) is 0. The Kier molecular flexibility index (Phi) is 12.5. The van der Waals surface area contributed by atoms with Crippen molar-refractivity contribution in [2.45, 2.75) is 84.7 Å². The van der Waals surface area contributed by atoms with Gasteiger partial charge in [-0.25, -0.2) is 0 Å². The number of ether oxygens (including phenoxy) is 1. The summed E-state index contributed by atoms with van der Waals surface area (Å²) in [5, 5.41) is 31.5. The van der Waals surface area contributed by atoms with E-state index in [9.17, 15) is 20.1 Å². The number of hydrogen-bond donors (Lipinski definition) is 4. The van der Waals surface area contributed by atoms with Crippen LogP contribution < -0.4 is 4.74 Å². The second kappa shape index (κ2) is 16.7. The fraction of sp³-hybridized carbons (Fsp3) is 0.395. The number of aromatic amines is 1. The molecule has 0 bridgehead atoms. The molecule has 0 saturated carbocycles. The molecule has 6 nitrogen and oxygen atoms in total. The van der Waals surface area contributed by atoms with E-state index in [4.69, 9.17) is 4.74 Å². The number of rotatable bonds is 18. The number of unbranched alkanes of at least 4 members (excludes halogenated alkanes) is 3. The van der Waals surface area contributed by atoms with Gasteiger partial charge in [-0.1, -0.05) is 64.2 Å². The average molecular weight is 598 g/mol. The first-order valence-electron chi connectivity index (χ1n) is 16.0. The van der Waals surface area contributed by atoms with Crippen molar-refractivity contribution in [1.29, 1.82) is 0 Å². The van der Waals surface area contributed by atoms with Gasteiger partial charge in [-0.3, -0.25) is 4.79 Å². The number of H-pyrrole nitrogens is 1. The van der Waals surface area contributed by atoms with Crippen LogP contribution in [0.15, 0.2) is 72.9 Å². The maximum Gasteiger partial charge on any atom is 0.161 e. The lowest BCUT2D eigenvalue weighted by atomic mass is 9.95. The van der Waals surface area contributed by atoms with E-state index in [1.54, 1.807) is 30.3 Å². The van der Waals surface area contributed by atoms with E-state index in [-0.39, 0.29) is 23.9 Å². The summed E-state index contributed by atoms with van der Waals surface area (Å²) in [6.07, 6.45) is 15.5. The number of allylic oxidation sites excluding steroid dienone is 2. The average Bonchev–Trinajstić information content (AvgIpc) is 3.50. The summed E-state index contributed by atoms with van der Waals surface area (Å²) in [4.78, 5) is 15.6. The monoisotopic (exact) mass is 597 g/mol. The van der Waals surface area contributed by atoms with Gasteiger partial charge < -0.3 is 25.0 Å². The highest BCUT2D eigenvalue weighted by atomic mass is 16.5. The Bertz CT molecular complexity index is 1540. The normalized spacial score (nSPS) is 12.2. The zero-order valence-electron chi connectivity index (χ0n) is 26.1. The van der Waals surface area contributed by atoms with E-state index < -0.39 is 0 Å². The molecule has 0 aliphatic heterocycles. The lowest BCUT2D eigenvalue weighted by Gasteiger charge is -2.14. The van der Waals surface area contributed by atoms with Gasteiger partial charge in [0.2, 0.25) is 0 Å². The molecule has 0 saturated heterocycles. The number of carbonyl (C=O) groups excluding carboxylic acids is 1. The van der Waals surface area contributed by atoms with E-state index in [1.165, 1.54) is 32.1 Å². The minimum absolute atomic E-state index is 0.0559. The Labute approximate surface area is 261 Å². The molecule has 0 fully saturated rings. The number of aliphatic hydroxyl groups excluding tert-OH is 1. The number of aliphatic hydroxyl groups is 1. The fourth-order valence-electron chi connectivity index (χ4n) is 5.72. The molecule has 234 valence electrons. The summed E-state index contributed by atoms with van der Waals surface area (Å²) < 4.78 is 6.00. The van der Waals surface area contributed by atoms with Crippen molar-refractivity contribution in [2.24, 2.45) is 5.92 Å². The first-order valence-corrected chi connectivity index (χ1v) is 16.0. The zero-order valence-corrected chi connectivity index (χ0v) is 26.1. The number of aryl methyl sites for hydroxylation is 1. The molecule has 3 aromatic carbocycles. The molecule has 0 spiro atoms. The SMILES string of the molecule is CCCCCC(C)CCCC=CC(=O)CCc1ccc(O)c(OCCc2ccc(O)cc2-c2cc(CO)c3[nH]ccc3c2)c1. The molecule has 4 rings (SSSR count). The molecule has 0 aliphatic rings. The summed E-state index contributed by atoms with van der Waals surface area (Å²) in [5.74, 6) is 1.46. The van der Waals surface area contributed by atoms with Crippen LogP contribution >= 0.6 is 0 Å². The van der Waals surface area contributed by atoms with Crippen LogP contribution in [0.25, 0.3) is 22.0 Å². The van der Waals surface area contributed by atoms with Gasteiger partial charge in [-0.05, 0) is 96.0 Å². The van der Waals surface area contributed by atoms with Crippen molar-refractivity contribution in [3.8, 4) is 28.4 Å². The van der Waals surface area contributed by atoms with Crippen LogP contribution in [0.3, 0.4) is 0 Å². The first-order chi connectivity index (χ1) is 21.4. The Morgan fingerprint density at radius 3 is 2.61 bits per heavy atom. The molecule has 1 aromatic heterocycles. The fourth-order valence-corrected chi connectivity index (χ4v) is 5.72. The van der Waals surface area contributed by atoms with Crippen molar-refractivity contribution in [1.82, 2.24) is 4.98 Å². The number of nitrogens with one attached hydrogen (secondary N) is 1. The quantitative estimate of drug-likeness (QED) is 0.0678. The smallest absolute Gasteiger partial charge is 0.161 e. The number of ketones is 1. The Balaban J connectivity index is 1.29. The van der Waals surface area contributed by atoms with Crippen molar-refractivity contribution >= 4 is 16.7 Å². The summed E-state index contributed by atoms with van der Waals surface area (Å²) in [6.45, 7) is 4.77. The van der Waals surface area contributed by atoms with E-state index in [0.717, 1.165) is 57.5 Å². The van der Waals surface area contributed by atoms with Crippen LogP contribution in [0, 0.1) is 5.92 Å². The van der Waals surface area contributed by atoms with Gasteiger partial charge in [-0.2, -0.15) is 0 Å². The molecule has 0 amide bonds. The molecular formula is C38H47NO5. The van der Waals surface area contributed by atoms with Crippen molar-refractivity contribution in [3.63, 3.8) is 0 Å². The largest absolute Gasteiger partial charge is 0.508 e. The molecule has 0 aliphatic carbocycles. The highest BCUT2D eigenvalue weighted by Crippen LogP contribution is 2.33. The van der Waals surface area contributed by atoms with Crippen LogP contribution in [0.2, 0.25) is 0 Å². The van der Waals surface area contributed by atoms with E-state index in [1.807, 2.05) is 42.6 Å². The number of phenols is 2. The van der Waals surface area contributed by atoms with Crippen LogP contribution in [-0.4, -0.2) is 32.7 Å². The van der Waals surface area contributed by atoms with Crippen molar-refractivity contribution in [3.05, 3.63) is 89.6 Å². The van der Waals surface area contributed by atoms with E-state index in [0.29, 0.717) is 31.6 Å². The van der Waals surface area contributed by atoms with Gasteiger partial charge in [0.25, 0.3) is 0 Å². The minimum Gasteiger partial charge on any atom is -0.508 e. The Morgan fingerprint density at radius 2 is 1.80 bits per heavy atom. The lowest BCUT2D eigenvalue weighted by molar-refractivity contribution is -0.114. The summed E-state index contributed by atoms with van der Waals surface area (Å²) >= 11 is 0. The summed E-state index contributed by atoms with van der Waals surface area (Å²) in [6, 6.07) is 16.4. The molecule has 4 N–H and O–H groups in total. The molecular weight excluding hydrogens is 550 g/mol. The third-order valence-corrected chi connectivity index (χ3v) is 8.30. The van der Waals surface area contributed by atoms with E-state index >= 15 is 0 Å². The number of aromatic nitrogens is 1. The van der Waals surface area contributed by atoms with Gasteiger partial charge in [-0.15, -0.1) is 0 Å². The molecule has 1 heterocycles. The lowest BCUT2D eigenvalue weighted by Crippen LogP contribution is -2.04. The minimum atomic E-state index is -0.0990. The Hall–Kier alpha value is -4.03. The predicted molar refractivity (Wildman–Crippen MR) is 178 cm³/mol. The predicted octanol–water partition coefficient (Wildman–Crippen LogP) is 8.80. The van der Waals surface area contributed by atoms with Gasteiger partial charge in [0, 0.05) is 30.0 Å².